The van der Waals surface area contributed by atoms with Crippen molar-refractivity contribution in [1.29, 1.82) is 0 Å². The highest BCUT2D eigenvalue weighted by Crippen LogP contribution is 2.25. The van der Waals surface area contributed by atoms with Crippen LogP contribution >= 0.6 is 11.6 Å². The first-order valence-electron chi connectivity index (χ1n) is 5.88. The summed E-state index contributed by atoms with van der Waals surface area (Å²) >= 11 is 5.94. The first-order valence-corrected chi connectivity index (χ1v) is 8.15. The van der Waals surface area contributed by atoms with Gasteiger partial charge in [0.1, 0.15) is 5.76 Å². The summed E-state index contributed by atoms with van der Waals surface area (Å²) in [5.41, 5.74) is 0.230. The third-order valence-electron chi connectivity index (χ3n) is 2.57. The van der Waals surface area contributed by atoms with Gasteiger partial charge in [0.15, 0.2) is 9.84 Å². The quantitative estimate of drug-likeness (QED) is 0.877. The normalized spacial score (nSPS) is 11.7. The van der Waals surface area contributed by atoms with Crippen LogP contribution in [-0.4, -0.2) is 20.6 Å². The third kappa shape index (κ3) is 4.21. The molecule has 2 aromatic rings. The van der Waals surface area contributed by atoms with E-state index in [-0.39, 0.29) is 15.6 Å². The Bertz CT molecular complexity index is 779. The van der Waals surface area contributed by atoms with Crippen molar-refractivity contribution in [3.63, 3.8) is 0 Å². The van der Waals surface area contributed by atoms with Crippen molar-refractivity contribution in [3.8, 4) is 0 Å². The molecule has 0 spiro atoms. The number of carbonyl (C=O) groups is 1. The van der Waals surface area contributed by atoms with E-state index in [4.69, 9.17) is 16.0 Å². The third-order valence-corrected chi connectivity index (χ3v) is 4.01. The fourth-order valence-corrected chi connectivity index (χ4v) is 2.36. The van der Waals surface area contributed by atoms with Crippen LogP contribution in [0.5, 0.6) is 0 Å². The van der Waals surface area contributed by atoms with Crippen molar-refractivity contribution < 1.29 is 17.6 Å². The van der Waals surface area contributed by atoms with Gasteiger partial charge in [0.25, 0.3) is 0 Å². The second-order valence-electron chi connectivity index (χ2n) is 4.25. The summed E-state index contributed by atoms with van der Waals surface area (Å²) in [6.07, 6.45) is 5.33. The molecule has 0 aliphatic carbocycles. The van der Waals surface area contributed by atoms with Gasteiger partial charge in [0.05, 0.1) is 21.9 Å². The van der Waals surface area contributed by atoms with E-state index in [0.717, 1.165) is 6.26 Å². The maximum Gasteiger partial charge on any atom is 0.248 e. The largest absolute Gasteiger partial charge is 0.465 e. The van der Waals surface area contributed by atoms with Crippen LogP contribution in [0.4, 0.5) is 5.69 Å². The molecule has 1 aromatic carbocycles. The lowest BCUT2D eigenvalue weighted by atomic mass is 10.3. The highest BCUT2D eigenvalue weighted by Gasteiger charge is 2.11. The zero-order valence-electron chi connectivity index (χ0n) is 11.0. The average Bonchev–Trinajstić information content (AvgIpc) is 2.91. The summed E-state index contributed by atoms with van der Waals surface area (Å²) in [6.45, 7) is 0. The summed E-state index contributed by atoms with van der Waals surface area (Å²) in [4.78, 5) is 11.9. The van der Waals surface area contributed by atoms with Crippen molar-refractivity contribution in [2.75, 3.05) is 11.6 Å². The standard InChI is InChI=1S/C14H12ClNO4S/c1-21(18,19)11-5-6-12(15)13(9-11)16-14(17)7-4-10-3-2-8-20-10/h2-9H,1H3,(H,16,17)/b7-4+. The summed E-state index contributed by atoms with van der Waals surface area (Å²) < 4.78 is 28.0. The topological polar surface area (TPSA) is 76.4 Å². The molecule has 1 heterocycles. The Labute approximate surface area is 127 Å². The number of benzene rings is 1. The number of nitrogens with one attached hydrogen (secondary N) is 1. The Hall–Kier alpha value is -2.05. The zero-order valence-corrected chi connectivity index (χ0v) is 12.6. The molecule has 0 fully saturated rings. The highest BCUT2D eigenvalue weighted by molar-refractivity contribution is 7.90. The number of hydrogen-bond acceptors (Lipinski definition) is 4. The summed E-state index contributed by atoms with van der Waals surface area (Å²) in [6, 6.07) is 7.51. The smallest absolute Gasteiger partial charge is 0.248 e. The van der Waals surface area contributed by atoms with E-state index in [1.165, 1.54) is 36.6 Å². The Balaban J connectivity index is 2.17. The van der Waals surface area contributed by atoms with E-state index in [2.05, 4.69) is 5.32 Å². The minimum Gasteiger partial charge on any atom is -0.465 e. The fraction of sp³-hybridized carbons (Fsp3) is 0.0714. The number of furan rings is 1. The molecule has 0 radical (unpaired) electrons. The van der Waals surface area contributed by atoms with Crippen LogP contribution in [0, 0.1) is 0 Å². The molecule has 0 saturated carbocycles. The van der Waals surface area contributed by atoms with E-state index < -0.39 is 15.7 Å². The van der Waals surface area contributed by atoms with Gasteiger partial charge in [0, 0.05) is 12.3 Å². The van der Waals surface area contributed by atoms with Gasteiger partial charge in [-0.2, -0.15) is 0 Å². The number of halogens is 1. The van der Waals surface area contributed by atoms with Crippen LogP contribution in [0.15, 0.2) is 52.0 Å². The maximum atomic E-state index is 11.8. The number of rotatable bonds is 4. The number of anilines is 1. The van der Waals surface area contributed by atoms with Crippen LogP contribution in [0.3, 0.4) is 0 Å². The monoisotopic (exact) mass is 325 g/mol. The van der Waals surface area contributed by atoms with Gasteiger partial charge in [0.2, 0.25) is 5.91 Å². The predicted octanol–water partition coefficient (Wildman–Crippen LogP) is 2.99. The van der Waals surface area contributed by atoms with Crippen LogP contribution in [0.1, 0.15) is 5.76 Å². The van der Waals surface area contributed by atoms with E-state index in [1.54, 1.807) is 12.1 Å². The summed E-state index contributed by atoms with van der Waals surface area (Å²) in [7, 11) is -3.37. The Morgan fingerprint density at radius 2 is 2.10 bits per heavy atom. The molecule has 7 heteroatoms. The Kier molecular flexibility index (Phi) is 4.50. The van der Waals surface area contributed by atoms with Gasteiger partial charge in [-0.05, 0) is 36.4 Å². The second-order valence-corrected chi connectivity index (χ2v) is 6.67. The van der Waals surface area contributed by atoms with E-state index in [1.807, 2.05) is 0 Å². The zero-order chi connectivity index (χ0) is 15.5. The molecule has 2 rings (SSSR count). The molecule has 1 amide bonds. The van der Waals surface area contributed by atoms with Gasteiger partial charge >= 0.3 is 0 Å². The van der Waals surface area contributed by atoms with Crippen LogP contribution in [0.25, 0.3) is 6.08 Å². The first kappa shape index (κ1) is 15.3. The fourth-order valence-electron chi connectivity index (χ4n) is 1.55. The molecule has 21 heavy (non-hydrogen) atoms. The Morgan fingerprint density at radius 1 is 1.33 bits per heavy atom. The molecule has 0 aliphatic rings. The predicted molar refractivity (Wildman–Crippen MR) is 80.9 cm³/mol. The van der Waals surface area contributed by atoms with Crippen LogP contribution in [0.2, 0.25) is 5.02 Å². The molecule has 0 atom stereocenters. The molecule has 0 saturated heterocycles. The molecule has 1 aromatic heterocycles. The van der Waals surface area contributed by atoms with Gasteiger partial charge in [-0.1, -0.05) is 11.6 Å². The van der Waals surface area contributed by atoms with E-state index >= 15 is 0 Å². The minimum absolute atomic E-state index is 0.0808. The molecular weight excluding hydrogens is 314 g/mol. The van der Waals surface area contributed by atoms with Gasteiger partial charge in [-0.3, -0.25) is 4.79 Å². The molecule has 0 aliphatic heterocycles. The minimum atomic E-state index is -3.37. The molecule has 0 unspecified atom stereocenters. The summed E-state index contributed by atoms with van der Waals surface area (Å²) in [5, 5.41) is 2.77. The van der Waals surface area contributed by atoms with Crippen molar-refractivity contribution in [2.45, 2.75) is 4.90 Å². The highest BCUT2D eigenvalue weighted by atomic mass is 35.5. The van der Waals surface area contributed by atoms with Crippen LogP contribution in [-0.2, 0) is 14.6 Å². The number of sulfone groups is 1. The lowest BCUT2D eigenvalue weighted by molar-refractivity contribution is -0.111. The number of hydrogen-bond donors (Lipinski definition) is 1. The molecular formula is C14H12ClNO4S. The number of carbonyl (C=O) groups excluding carboxylic acids is 1. The van der Waals surface area contributed by atoms with Crippen molar-refractivity contribution in [1.82, 2.24) is 0 Å². The van der Waals surface area contributed by atoms with E-state index in [0.29, 0.717) is 5.76 Å². The SMILES string of the molecule is CS(=O)(=O)c1ccc(Cl)c(NC(=O)/C=C/c2ccco2)c1. The first-order chi connectivity index (χ1) is 9.86. The molecule has 5 nitrogen and oxygen atoms in total. The van der Waals surface area contributed by atoms with Crippen molar-refractivity contribution in [3.05, 3.63) is 53.5 Å². The van der Waals surface area contributed by atoms with Gasteiger partial charge in [-0.25, -0.2) is 8.42 Å². The Morgan fingerprint density at radius 3 is 2.71 bits per heavy atom. The second kappa shape index (κ2) is 6.15. The summed E-state index contributed by atoms with van der Waals surface area (Å²) in [5.74, 6) is 0.0834. The maximum absolute atomic E-state index is 11.8. The molecule has 110 valence electrons. The van der Waals surface area contributed by atoms with Gasteiger partial charge in [-0.15, -0.1) is 0 Å². The number of amides is 1. The van der Waals surface area contributed by atoms with E-state index in [9.17, 15) is 13.2 Å². The van der Waals surface area contributed by atoms with Gasteiger partial charge < -0.3 is 9.73 Å². The van der Waals surface area contributed by atoms with Crippen molar-refractivity contribution >= 4 is 39.1 Å². The lowest BCUT2D eigenvalue weighted by Gasteiger charge is -2.07. The molecule has 1 N–H and O–H groups in total. The van der Waals surface area contributed by atoms with Crippen molar-refractivity contribution in [2.24, 2.45) is 0 Å². The average molecular weight is 326 g/mol. The molecule has 0 bridgehead atoms. The lowest BCUT2D eigenvalue weighted by Crippen LogP contribution is -2.09. The van der Waals surface area contributed by atoms with Crippen LogP contribution < -0.4 is 5.32 Å².